The molecule has 1 aliphatic heterocycles. The number of sulfonamides is 1. The van der Waals surface area contributed by atoms with E-state index in [0.29, 0.717) is 37.1 Å². The van der Waals surface area contributed by atoms with Crippen LogP contribution < -0.4 is 10.6 Å². The highest BCUT2D eigenvalue weighted by Gasteiger charge is 2.26. The molecule has 0 radical (unpaired) electrons. The first-order valence-corrected chi connectivity index (χ1v) is 10.5. The highest BCUT2D eigenvalue weighted by molar-refractivity contribution is 7.89. The van der Waals surface area contributed by atoms with Gasteiger partial charge in [0.15, 0.2) is 5.96 Å². The number of benzene rings is 1. The second-order valence-electron chi connectivity index (χ2n) is 6.45. The molecule has 1 saturated heterocycles. The molecular weight excluding hydrogens is 352 g/mol. The zero-order valence-electron chi connectivity index (χ0n) is 15.9. The van der Waals surface area contributed by atoms with Gasteiger partial charge in [0.25, 0.3) is 0 Å². The Hall–Kier alpha value is -1.64. The summed E-state index contributed by atoms with van der Waals surface area (Å²) < 4.78 is 31.8. The molecule has 1 heterocycles. The fourth-order valence-corrected chi connectivity index (χ4v) is 4.38. The van der Waals surface area contributed by atoms with Gasteiger partial charge in [-0.2, -0.15) is 4.31 Å². The minimum atomic E-state index is -3.36. The predicted molar refractivity (Wildman–Crippen MR) is 104 cm³/mol. The number of hydrogen-bond donors (Lipinski definition) is 2. The van der Waals surface area contributed by atoms with Crippen molar-refractivity contribution in [2.24, 2.45) is 4.99 Å². The van der Waals surface area contributed by atoms with E-state index in [4.69, 9.17) is 4.74 Å². The fourth-order valence-electron chi connectivity index (χ4n) is 2.86. The molecule has 26 heavy (non-hydrogen) atoms. The summed E-state index contributed by atoms with van der Waals surface area (Å²) in [4.78, 5) is 4.91. The quantitative estimate of drug-likeness (QED) is 0.527. The third kappa shape index (κ3) is 5.69. The third-order valence-corrected chi connectivity index (χ3v) is 6.10. The van der Waals surface area contributed by atoms with Crippen molar-refractivity contribution in [1.29, 1.82) is 0 Å². The lowest BCUT2D eigenvalue weighted by atomic mass is 10.2. The topological polar surface area (TPSA) is 83.0 Å². The number of rotatable bonds is 8. The van der Waals surface area contributed by atoms with Crippen LogP contribution in [0.3, 0.4) is 0 Å². The predicted octanol–water partition coefficient (Wildman–Crippen LogP) is 1.56. The Morgan fingerprint density at radius 2 is 1.92 bits per heavy atom. The van der Waals surface area contributed by atoms with Crippen LogP contribution in [0.15, 0.2) is 34.2 Å². The van der Waals surface area contributed by atoms with Gasteiger partial charge in [-0.1, -0.05) is 12.1 Å². The molecule has 7 nitrogen and oxygen atoms in total. The van der Waals surface area contributed by atoms with E-state index < -0.39 is 10.0 Å². The van der Waals surface area contributed by atoms with E-state index in [1.165, 1.54) is 0 Å². The maximum atomic E-state index is 12.5. The van der Waals surface area contributed by atoms with E-state index in [9.17, 15) is 8.42 Å². The maximum absolute atomic E-state index is 12.5. The van der Waals surface area contributed by atoms with Gasteiger partial charge in [0.2, 0.25) is 10.0 Å². The average molecular weight is 383 g/mol. The summed E-state index contributed by atoms with van der Waals surface area (Å²) in [5.41, 5.74) is 0.960. The SMILES string of the molecule is CCNC(=NCc1ccc(S(=O)(=O)N2CCCC2)cc1)NC(C)COC. The van der Waals surface area contributed by atoms with Crippen molar-refractivity contribution >= 4 is 16.0 Å². The first kappa shape index (κ1) is 20.7. The van der Waals surface area contributed by atoms with Crippen LogP contribution in [0.25, 0.3) is 0 Å². The van der Waals surface area contributed by atoms with E-state index in [0.717, 1.165) is 24.9 Å². The highest BCUT2D eigenvalue weighted by atomic mass is 32.2. The van der Waals surface area contributed by atoms with Crippen LogP contribution >= 0.6 is 0 Å². The van der Waals surface area contributed by atoms with Gasteiger partial charge in [0.05, 0.1) is 18.0 Å². The number of hydrogen-bond acceptors (Lipinski definition) is 4. The highest BCUT2D eigenvalue weighted by Crippen LogP contribution is 2.21. The van der Waals surface area contributed by atoms with E-state index in [-0.39, 0.29) is 6.04 Å². The average Bonchev–Trinajstić information content (AvgIpc) is 3.16. The smallest absolute Gasteiger partial charge is 0.243 e. The Balaban J connectivity index is 2.02. The van der Waals surface area contributed by atoms with Crippen LogP contribution in [-0.2, 0) is 21.3 Å². The Kier molecular flexibility index (Phi) is 7.86. The summed E-state index contributed by atoms with van der Waals surface area (Å²) in [5, 5.41) is 6.47. The summed E-state index contributed by atoms with van der Waals surface area (Å²) in [6.07, 6.45) is 1.88. The largest absolute Gasteiger partial charge is 0.383 e. The summed E-state index contributed by atoms with van der Waals surface area (Å²) in [5.74, 6) is 0.714. The first-order valence-electron chi connectivity index (χ1n) is 9.10. The Morgan fingerprint density at radius 1 is 1.27 bits per heavy atom. The number of nitrogens with zero attached hydrogens (tertiary/aromatic N) is 2. The molecule has 146 valence electrons. The molecule has 0 aliphatic carbocycles. The Morgan fingerprint density at radius 3 is 2.50 bits per heavy atom. The lowest BCUT2D eigenvalue weighted by Gasteiger charge is -2.17. The molecule has 1 aromatic rings. The molecule has 1 unspecified atom stereocenters. The van der Waals surface area contributed by atoms with Crippen LogP contribution in [0.1, 0.15) is 32.3 Å². The van der Waals surface area contributed by atoms with Crippen LogP contribution in [0.2, 0.25) is 0 Å². The second kappa shape index (κ2) is 9.89. The van der Waals surface area contributed by atoms with Crippen molar-refractivity contribution < 1.29 is 13.2 Å². The molecule has 1 fully saturated rings. The third-order valence-electron chi connectivity index (χ3n) is 4.19. The summed E-state index contributed by atoms with van der Waals surface area (Å²) >= 11 is 0. The van der Waals surface area contributed by atoms with Crippen molar-refractivity contribution in [1.82, 2.24) is 14.9 Å². The van der Waals surface area contributed by atoms with Crippen molar-refractivity contribution in [3.05, 3.63) is 29.8 Å². The van der Waals surface area contributed by atoms with Crippen LogP contribution in [-0.4, -0.2) is 58.1 Å². The normalized spacial score (nSPS) is 17.3. The number of ether oxygens (including phenoxy) is 1. The van der Waals surface area contributed by atoms with E-state index >= 15 is 0 Å². The molecule has 1 atom stereocenters. The zero-order valence-corrected chi connectivity index (χ0v) is 16.7. The van der Waals surface area contributed by atoms with Gasteiger partial charge >= 0.3 is 0 Å². The van der Waals surface area contributed by atoms with Crippen LogP contribution in [0, 0.1) is 0 Å². The molecule has 2 N–H and O–H groups in total. The number of methoxy groups -OCH3 is 1. The van der Waals surface area contributed by atoms with Crippen LogP contribution in [0.4, 0.5) is 0 Å². The maximum Gasteiger partial charge on any atom is 0.243 e. The molecule has 0 bridgehead atoms. The molecule has 0 amide bonds. The van der Waals surface area contributed by atoms with Crippen LogP contribution in [0.5, 0.6) is 0 Å². The minimum Gasteiger partial charge on any atom is -0.383 e. The molecule has 0 spiro atoms. The lowest BCUT2D eigenvalue weighted by Crippen LogP contribution is -2.43. The summed E-state index contributed by atoms with van der Waals surface area (Å²) in [6, 6.07) is 7.15. The van der Waals surface area contributed by atoms with Crippen molar-refractivity contribution in [2.75, 3.05) is 33.4 Å². The van der Waals surface area contributed by atoms with Gasteiger partial charge in [0.1, 0.15) is 0 Å². The van der Waals surface area contributed by atoms with Gasteiger partial charge in [-0.15, -0.1) is 0 Å². The molecule has 8 heteroatoms. The second-order valence-corrected chi connectivity index (χ2v) is 8.39. The van der Waals surface area contributed by atoms with E-state index in [1.54, 1.807) is 23.5 Å². The monoisotopic (exact) mass is 382 g/mol. The molecule has 1 aliphatic rings. The summed E-state index contributed by atoms with van der Waals surface area (Å²) in [7, 11) is -1.69. The lowest BCUT2D eigenvalue weighted by molar-refractivity contribution is 0.179. The number of guanidine groups is 1. The summed E-state index contributed by atoms with van der Waals surface area (Å²) in [6.45, 7) is 7.09. The van der Waals surface area contributed by atoms with E-state index in [2.05, 4.69) is 15.6 Å². The Labute approximate surface area is 156 Å². The Bertz CT molecular complexity index is 683. The number of nitrogens with one attached hydrogen (secondary N) is 2. The van der Waals surface area contributed by atoms with Gasteiger partial charge < -0.3 is 15.4 Å². The van der Waals surface area contributed by atoms with E-state index in [1.807, 2.05) is 26.0 Å². The van der Waals surface area contributed by atoms with Crippen molar-refractivity contribution in [2.45, 2.75) is 44.2 Å². The molecule has 0 saturated carbocycles. The molecule has 1 aromatic carbocycles. The van der Waals surface area contributed by atoms with Crippen molar-refractivity contribution in [3.63, 3.8) is 0 Å². The van der Waals surface area contributed by atoms with Gasteiger partial charge in [-0.05, 0) is 44.4 Å². The molecule has 2 rings (SSSR count). The zero-order chi connectivity index (χ0) is 19.0. The van der Waals surface area contributed by atoms with Crippen molar-refractivity contribution in [3.8, 4) is 0 Å². The van der Waals surface area contributed by atoms with Gasteiger partial charge in [-0.25, -0.2) is 13.4 Å². The number of aliphatic imine (C=N–C) groups is 1. The minimum absolute atomic E-state index is 0.144. The van der Waals surface area contributed by atoms with Gasteiger partial charge in [0, 0.05) is 32.8 Å². The van der Waals surface area contributed by atoms with Gasteiger partial charge in [-0.3, -0.25) is 0 Å². The molecule has 0 aromatic heterocycles. The molecular formula is C18H30N4O3S. The first-order chi connectivity index (χ1) is 12.5. The fraction of sp³-hybridized carbons (Fsp3) is 0.611. The standard InChI is InChI=1S/C18H30N4O3S/c1-4-19-18(21-15(2)14-25-3)20-13-16-7-9-17(10-8-16)26(23,24)22-11-5-6-12-22/h7-10,15H,4-6,11-14H2,1-3H3,(H2,19,20,21).